The van der Waals surface area contributed by atoms with Crippen LogP contribution in [0.3, 0.4) is 0 Å². The molecule has 0 saturated carbocycles. The fourth-order valence-electron chi connectivity index (χ4n) is 1.77. The highest BCUT2D eigenvalue weighted by molar-refractivity contribution is 9.09. The highest BCUT2D eigenvalue weighted by Crippen LogP contribution is 2.20. The second-order valence-corrected chi connectivity index (χ2v) is 4.83. The summed E-state index contributed by atoms with van der Waals surface area (Å²) in [5, 5.41) is 10.1. The third-order valence-electron chi connectivity index (χ3n) is 2.63. The topological polar surface area (TPSA) is 63.6 Å². The quantitative estimate of drug-likeness (QED) is 0.404. The molecule has 0 aromatic carbocycles. The number of ether oxygens (including phenoxy) is 1. The first-order valence-corrected chi connectivity index (χ1v) is 7.11. The molecule has 0 radical (unpaired) electrons. The molecule has 0 aliphatic heterocycles. The molecular formula is C12H21BrO4. The Morgan fingerprint density at radius 2 is 1.94 bits per heavy atom. The van der Waals surface area contributed by atoms with E-state index < -0.39 is 24.0 Å². The lowest BCUT2D eigenvalue weighted by Gasteiger charge is -2.22. The fraction of sp³-hybridized carbons (Fsp3) is 0.833. The Hall–Kier alpha value is -0.580. The maximum absolute atomic E-state index is 11.1. The van der Waals surface area contributed by atoms with Gasteiger partial charge in [-0.05, 0) is 19.3 Å². The number of carboxylic acids is 1. The van der Waals surface area contributed by atoms with Gasteiger partial charge < -0.3 is 9.84 Å². The van der Waals surface area contributed by atoms with E-state index in [1.807, 2.05) is 6.92 Å². The number of carboxylic acid groups (broad SMARTS) is 1. The Balaban J connectivity index is 4.27. The van der Waals surface area contributed by atoms with Gasteiger partial charge in [-0.2, -0.15) is 0 Å². The summed E-state index contributed by atoms with van der Waals surface area (Å²) >= 11 is 3.34. The van der Waals surface area contributed by atoms with E-state index in [1.54, 1.807) is 0 Å². The Kier molecular flexibility index (Phi) is 9.13. The molecule has 0 heterocycles. The lowest BCUT2D eigenvalue weighted by atomic mass is 9.94. The van der Waals surface area contributed by atoms with Gasteiger partial charge in [0, 0.05) is 12.3 Å². The van der Waals surface area contributed by atoms with E-state index >= 15 is 0 Å². The SMILES string of the molecule is CC[C@H](OC(C)=O)[C@H](CCCCCBr)C(=O)O. The fourth-order valence-corrected chi connectivity index (χ4v) is 2.16. The van der Waals surface area contributed by atoms with Gasteiger partial charge in [0.25, 0.3) is 0 Å². The van der Waals surface area contributed by atoms with Gasteiger partial charge in [0.15, 0.2) is 0 Å². The third-order valence-corrected chi connectivity index (χ3v) is 3.20. The summed E-state index contributed by atoms with van der Waals surface area (Å²) in [6.07, 6.45) is 3.47. The zero-order valence-electron chi connectivity index (χ0n) is 10.4. The molecule has 0 aliphatic rings. The van der Waals surface area contributed by atoms with Crippen molar-refractivity contribution in [2.24, 2.45) is 5.92 Å². The lowest BCUT2D eigenvalue weighted by molar-refractivity contribution is -0.157. The molecule has 0 aromatic heterocycles. The van der Waals surface area contributed by atoms with E-state index in [2.05, 4.69) is 15.9 Å². The number of aliphatic carboxylic acids is 1. The summed E-state index contributed by atoms with van der Waals surface area (Å²) in [4.78, 5) is 22.0. The van der Waals surface area contributed by atoms with Crippen molar-refractivity contribution in [3.8, 4) is 0 Å². The van der Waals surface area contributed by atoms with Crippen LogP contribution in [0.1, 0.15) is 46.0 Å². The van der Waals surface area contributed by atoms with Crippen molar-refractivity contribution in [2.45, 2.75) is 52.1 Å². The van der Waals surface area contributed by atoms with Crippen LogP contribution in [0.2, 0.25) is 0 Å². The van der Waals surface area contributed by atoms with E-state index in [1.165, 1.54) is 6.92 Å². The van der Waals surface area contributed by atoms with Crippen molar-refractivity contribution in [3.63, 3.8) is 0 Å². The van der Waals surface area contributed by atoms with Crippen LogP contribution < -0.4 is 0 Å². The van der Waals surface area contributed by atoms with E-state index in [0.29, 0.717) is 12.8 Å². The predicted molar refractivity (Wildman–Crippen MR) is 69.2 cm³/mol. The Morgan fingerprint density at radius 1 is 1.29 bits per heavy atom. The van der Waals surface area contributed by atoms with Crippen molar-refractivity contribution in [3.05, 3.63) is 0 Å². The van der Waals surface area contributed by atoms with Gasteiger partial charge in [0.2, 0.25) is 0 Å². The van der Waals surface area contributed by atoms with Gasteiger partial charge in [-0.1, -0.05) is 35.7 Å². The minimum absolute atomic E-state index is 0.413. The molecule has 4 nitrogen and oxygen atoms in total. The molecule has 0 unspecified atom stereocenters. The van der Waals surface area contributed by atoms with Gasteiger partial charge in [-0.15, -0.1) is 0 Å². The van der Waals surface area contributed by atoms with E-state index in [9.17, 15) is 9.59 Å². The van der Waals surface area contributed by atoms with Crippen LogP contribution in [-0.2, 0) is 14.3 Å². The first-order chi connectivity index (χ1) is 8.02. The number of carbonyl (C=O) groups is 2. The van der Waals surface area contributed by atoms with Crippen molar-refractivity contribution in [2.75, 3.05) is 5.33 Å². The average molecular weight is 309 g/mol. The number of halogens is 1. The number of unbranched alkanes of at least 4 members (excludes halogenated alkanes) is 2. The maximum Gasteiger partial charge on any atom is 0.310 e. The van der Waals surface area contributed by atoms with E-state index in [4.69, 9.17) is 9.84 Å². The first kappa shape index (κ1) is 16.4. The van der Waals surface area contributed by atoms with E-state index in [0.717, 1.165) is 24.6 Å². The summed E-state index contributed by atoms with van der Waals surface area (Å²) in [5.74, 6) is -1.88. The number of carbonyl (C=O) groups excluding carboxylic acids is 1. The number of hydrogen-bond donors (Lipinski definition) is 1. The summed E-state index contributed by atoms with van der Waals surface area (Å²) in [5.41, 5.74) is 0. The summed E-state index contributed by atoms with van der Waals surface area (Å²) in [6.45, 7) is 3.15. The number of alkyl halides is 1. The molecule has 5 heteroatoms. The zero-order valence-corrected chi connectivity index (χ0v) is 12.0. The number of hydrogen-bond acceptors (Lipinski definition) is 3. The second kappa shape index (κ2) is 9.45. The molecule has 0 fully saturated rings. The standard InChI is InChI=1S/C12H21BrO4/c1-3-11(17-9(2)14)10(12(15)16)7-5-4-6-8-13/h10-11H,3-8H2,1-2H3,(H,15,16)/t10-,11-/m0/s1. The lowest BCUT2D eigenvalue weighted by Crippen LogP contribution is -2.31. The molecule has 0 rings (SSSR count). The molecule has 100 valence electrons. The first-order valence-electron chi connectivity index (χ1n) is 5.98. The Bertz CT molecular complexity index is 243. The number of esters is 1. The molecule has 17 heavy (non-hydrogen) atoms. The van der Waals surface area contributed by atoms with Crippen molar-refractivity contribution < 1.29 is 19.4 Å². The van der Waals surface area contributed by atoms with Crippen molar-refractivity contribution in [1.29, 1.82) is 0 Å². The molecule has 0 aromatic rings. The van der Waals surface area contributed by atoms with Crippen molar-refractivity contribution >= 4 is 27.9 Å². The molecule has 2 atom stereocenters. The monoisotopic (exact) mass is 308 g/mol. The highest BCUT2D eigenvalue weighted by atomic mass is 79.9. The molecular weight excluding hydrogens is 288 g/mol. The second-order valence-electron chi connectivity index (χ2n) is 4.04. The van der Waals surface area contributed by atoms with Gasteiger partial charge >= 0.3 is 11.9 Å². The minimum Gasteiger partial charge on any atom is -0.481 e. The van der Waals surface area contributed by atoms with Crippen LogP contribution in [0.15, 0.2) is 0 Å². The molecule has 1 N–H and O–H groups in total. The van der Waals surface area contributed by atoms with Crippen LogP contribution in [-0.4, -0.2) is 28.5 Å². The van der Waals surface area contributed by atoms with E-state index in [-0.39, 0.29) is 0 Å². The summed E-state index contributed by atoms with van der Waals surface area (Å²) in [7, 11) is 0. The van der Waals surface area contributed by atoms with Crippen LogP contribution in [0.4, 0.5) is 0 Å². The van der Waals surface area contributed by atoms with Crippen molar-refractivity contribution in [1.82, 2.24) is 0 Å². The Labute approximate surface area is 111 Å². The van der Waals surface area contributed by atoms with Gasteiger partial charge in [0.05, 0.1) is 5.92 Å². The molecule has 0 amide bonds. The predicted octanol–water partition coefficient (Wildman–Crippen LogP) is 2.98. The van der Waals surface area contributed by atoms with Crippen LogP contribution in [0.5, 0.6) is 0 Å². The van der Waals surface area contributed by atoms with Crippen LogP contribution in [0, 0.1) is 5.92 Å². The molecule has 0 aliphatic carbocycles. The third kappa shape index (κ3) is 7.36. The van der Waals surface area contributed by atoms with Gasteiger partial charge in [-0.25, -0.2) is 0 Å². The zero-order chi connectivity index (χ0) is 13.3. The molecule has 0 bridgehead atoms. The summed E-state index contributed by atoms with van der Waals surface area (Å²) < 4.78 is 5.05. The average Bonchev–Trinajstić information content (AvgIpc) is 2.26. The van der Waals surface area contributed by atoms with Gasteiger partial charge in [-0.3, -0.25) is 9.59 Å². The van der Waals surface area contributed by atoms with Crippen LogP contribution in [0.25, 0.3) is 0 Å². The largest absolute Gasteiger partial charge is 0.481 e. The molecule has 0 saturated heterocycles. The molecule has 0 spiro atoms. The van der Waals surface area contributed by atoms with Crippen LogP contribution >= 0.6 is 15.9 Å². The van der Waals surface area contributed by atoms with Gasteiger partial charge in [0.1, 0.15) is 6.10 Å². The number of rotatable bonds is 9. The Morgan fingerprint density at radius 3 is 2.35 bits per heavy atom. The maximum atomic E-state index is 11.1. The highest BCUT2D eigenvalue weighted by Gasteiger charge is 2.28. The smallest absolute Gasteiger partial charge is 0.310 e. The summed E-state index contributed by atoms with van der Waals surface area (Å²) in [6, 6.07) is 0. The normalized spacial score (nSPS) is 14.1. The minimum atomic E-state index is -0.878.